The van der Waals surface area contributed by atoms with Crippen LogP contribution in [0.15, 0.2) is 59.4 Å². The van der Waals surface area contributed by atoms with Gasteiger partial charge >= 0.3 is 0 Å². The monoisotopic (exact) mass is 431 g/mol. The third kappa shape index (κ3) is 2.36. The first-order chi connectivity index (χ1) is 15.5. The number of rotatable bonds is 2. The van der Waals surface area contributed by atoms with Gasteiger partial charge in [-0.25, -0.2) is 9.37 Å². The highest BCUT2D eigenvalue weighted by molar-refractivity contribution is 6.01. The van der Waals surface area contributed by atoms with E-state index >= 15 is 0 Å². The van der Waals surface area contributed by atoms with Crippen LogP contribution in [0.4, 0.5) is 4.39 Å². The van der Waals surface area contributed by atoms with E-state index in [1.807, 2.05) is 22.8 Å². The molecule has 8 nitrogen and oxygen atoms in total. The molecule has 9 heteroatoms. The predicted octanol–water partition coefficient (Wildman–Crippen LogP) is 2.94. The Morgan fingerprint density at radius 2 is 2.00 bits per heavy atom. The minimum atomic E-state index is -1.14. The van der Waals surface area contributed by atoms with E-state index < -0.39 is 11.5 Å². The van der Waals surface area contributed by atoms with Crippen LogP contribution in [0.2, 0.25) is 0 Å². The van der Waals surface area contributed by atoms with Gasteiger partial charge in [-0.2, -0.15) is 0 Å². The minimum absolute atomic E-state index is 0.198. The van der Waals surface area contributed by atoms with Gasteiger partial charge in [0, 0.05) is 30.2 Å². The van der Waals surface area contributed by atoms with Crippen molar-refractivity contribution in [1.82, 2.24) is 24.5 Å². The van der Waals surface area contributed by atoms with Gasteiger partial charge in [-0.05, 0) is 37.3 Å². The number of benzene rings is 1. The Labute approximate surface area is 181 Å². The zero-order chi connectivity index (χ0) is 22.0. The van der Waals surface area contributed by atoms with Crippen molar-refractivity contribution in [2.45, 2.75) is 19.1 Å². The fraction of sp³-hybridized carbons (Fsp3) is 0.217. The lowest BCUT2D eigenvalue weighted by Gasteiger charge is -2.47. The Kier molecular flexibility index (Phi) is 3.80. The van der Waals surface area contributed by atoms with E-state index in [0.717, 1.165) is 5.39 Å². The summed E-state index contributed by atoms with van der Waals surface area (Å²) in [5, 5.41) is 4.68. The van der Waals surface area contributed by atoms with Crippen molar-refractivity contribution in [1.29, 1.82) is 0 Å². The summed E-state index contributed by atoms with van der Waals surface area (Å²) in [4.78, 5) is 35.2. The molecule has 1 unspecified atom stereocenters. The fourth-order valence-corrected chi connectivity index (χ4v) is 4.97. The number of nitrogens with zero attached hydrogens (tertiary/aromatic N) is 5. The summed E-state index contributed by atoms with van der Waals surface area (Å²) >= 11 is 0. The number of carbonyl (C=O) groups is 2. The van der Waals surface area contributed by atoms with Crippen LogP contribution in [0.5, 0.6) is 0 Å². The largest absolute Gasteiger partial charge is 0.364 e. The summed E-state index contributed by atoms with van der Waals surface area (Å²) in [5.74, 6) is -0.884. The molecule has 6 rings (SSSR count). The van der Waals surface area contributed by atoms with Crippen molar-refractivity contribution in [2.75, 3.05) is 13.1 Å². The number of hydrogen-bond donors (Lipinski definition) is 0. The predicted molar refractivity (Wildman–Crippen MR) is 111 cm³/mol. The molecule has 2 amide bonds. The summed E-state index contributed by atoms with van der Waals surface area (Å²) in [6.07, 6.45) is 3.00. The van der Waals surface area contributed by atoms with Gasteiger partial charge in [0.1, 0.15) is 29.0 Å². The van der Waals surface area contributed by atoms with Crippen molar-refractivity contribution >= 4 is 22.8 Å². The highest BCUT2D eigenvalue weighted by atomic mass is 19.1. The number of aromatic nitrogens is 3. The zero-order valence-electron chi connectivity index (χ0n) is 17.2. The lowest BCUT2D eigenvalue weighted by atomic mass is 9.93. The van der Waals surface area contributed by atoms with Crippen LogP contribution < -0.4 is 0 Å². The number of halogens is 1. The molecular weight excluding hydrogens is 413 g/mol. The first kappa shape index (κ1) is 18.7. The average Bonchev–Trinajstić information content (AvgIpc) is 3.50. The molecule has 2 aliphatic heterocycles. The van der Waals surface area contributed by atoms with E-state index in [2.05, 4.69) is 10.1 Å². The summed E-state index contributed by atoms with van der Waals surface area (Å²) in [7, 11) is 0. The third-order valence-corrected chi connectivity index (χ3v) is 6.47. The maximum absolute atomic E-state index is 13.8. The van der Waals surface area contributed by atoms with Crippen LogP contribution in [0.1, 0.15) is 32.1 Å². The second kappa shape index (κ2) is 6.49. The molecule has 32 heavy (non-hydrogen) atoms. The van der Waals surface area contributed by atoms with Crippen molar-refractivity contribution in [3.63, 3.8) is 0 Å². The SMILES string of the molecule is Cc1nocc1C(=O)N1CCN2C(=O)c3cc4cccnc4n3CC12c1ccc(F)cc1. The summed E-state index contributed by atoms with van der Waals surface area (Å²) in [6, 6.07) is 11.5. The van der Waals surface area contributed by atoms with Gasteiger partial charge < -0.3 is 18.9 Å². The van der Waals surface area contributed by atoms with Gasteiger partial charge in [0.05, 0.1) is 12.2 Å². The molecule has 0 radical (unpaired) electrons. The van der Waals surface area contributed by atoms with Crippen LogP contribution in [-0.4, -0.2) is 49.4 Å². The molecule has 0 N–H and O–H groups in total. The van der Waals surface area contributed by atoms with Crippen LogP contribution in [0.25, 0.3) is 11.0 Å². The van der Waals surface area contributed by atoms with Gasteiger partial charge in [-0.3, -0.25) is 9.59 Å². The molecule has 1 saturated heterocycles. The van der Waals surface area contributed by atoms with Crippen molar-refractivity contribution in [3.8, 4) is 0 Å². The minimum Gasteiger partial charge on any atom is -0.364 e. The summed E-state index contributed by atoms with van der Waals surface area (Å²) in [6.45, 7) is 2.64. The van der Waals surface area contributed by atoms with Crippen LogP contribution >= 0.6 is 0 Å². The Morgan fingerprint density at radius 3 is 2.75 bits per heavy atom. The van der Waals surface area contributed by atoms with E-state index in [1.54, 1.807) is 35.1 Å². The Balaban J connectivity index is 1.59. The maximum atomic E-state index is 13.8. The molecule has 5 heterocycles. The molecule has 160 valence electrons. The van der Waals surface area contributed by atoms with Crippen molar-refractivity contribution < 1.29 is 18.5 Å². The molecular formula is C23H18FN5O3. The van der Waals surface area contributed by atoms with E-state index in [9.17, 15) is 14.0 Å². The molecule has 0 aliphatic carbocycles. The third-order valence-electron chi connectivity index (χ3n) is 6.47. The van der Waals surface area contributed by atoms with Gasteiger partial charge in [0.2, 0.25) is 0 Å². The number of aryl methyl sites for hydroxylation is 1. The second-order valence-electron chi connectivity index (χ2n) is 8.08. The number of hydrogen-bond acceptors (Lipinski definition) is 5. The molecule has 0 saturated carbocycles. The first-order valence-electron chi connectivity index (χ1n) is 10.3. The standard InChI is InChI=1S/C23H18FN5O3/c1-14-18(12-32-26-14)21(30)28-9-10-29-22(31)19-11-15-3-2-8-25-20(15)27(19)13-23(28,29)16-4-6-17(24)7-5-16/h2-8,11-12H,9-10,13H2,1H3. The van der Waals surface area contributed by atoms with Gasteiger partial charge in [0.25, 0.3) is 11.8 Å². The van der Waals surface area contributed by atoms with E-state index in [4.69, 9.17) is 4.52 Å². The molecule has 3 aromatic heterocycles. The Bertz CT molecular complexity index is 1390. The van der Waals surface area contributed by atoms with Crippen molar-refractivity contribution in [2.24, 2.45) is 0 Å². The quantitative estimate of drug-likeness (QED) is 0.487. The van der Waals surface area contributed by atoms with Crippen LogP contribution in [0.3, 0.4) is 0 Å². The van der Waals surface area contributed by atoms with E-state index in [0.29, 0.717) is 41.3 Å². The maximum Gasteiger partial charge on any atom is 0.272 e. The van der Waals surface area contributed by atoms with Gasteiger partial charge in [-0.15, -0.1) is 0 Å². The topological polar surface area (TPSA) is 84.5 Å². The number of pyridine rings is 1. The molecule has 1 atom stereocenters. The van der Waals surface area contributed by atoms with Crippen LogP contribution in [0, 0.1) is 12.7 Å². The fourth-order valence-electron chi connectivity index (χ4n) is 4.97. The lowest BCUT2D eigenvalue weighted by molar-refractivity contribution is -0.00531. The number of carbonyl (C=O) groups excluding carboxylic acids is 2. The average molecular weight is 431 g/mol. The summed E-state index contributed by atoms with van der Waals surface area (Å²) < 4.78 is 20.7. The summed E-state index contributed by atoms with van der Waals surface area (Å²) in [5.41, 5.74) is 1.50. The molecule has 4 aromatic rings. The van der Waals surface area contributed by atoms with E-state index in [-0.39, 0.29) is 18.4 Å². The zero-order valence-corrected chi connectivity index (χ0v) is 17.2. The molecule has 0 spiro atoms. The second-order valence-corrected chi connectivity index (χ2v) is 8.08. The van der Waals surface area contributed by atoms with Gasteiger partial charge in [0.15, 0.2) is 5.66 Å². The highest BCUT2D eigenvalue weighted by Crippen LogP contribution is 2.44. The number of fused-ring (bicyclic) bond motifs is 4. The van der Waals surface area contributed by atoms with Gasteiger partial charge in [-0.1, -0.05) is 17.3 Å². The molecule has 1 fully saturated rings. The molecule has 0 bridgehead atoms. The Hall–Kier alpha value is -4.01. The molecule has 2 aliphatic rings. The first-order valence-corrected chi connectivity index (χ1v) is 10.3. The molecule has 1 aromatic carbocycles. The van der Waals surface area contributed by atoms with Crippen molar-refractivity contribution in [3.05, 3.63) is 83.3 Å². The lowest BCUT2D eigenvalue weighted by Crippen LogP contribution is -2.60. The van der Waals surface area contributed by atoms with Crippen LogP contribution in [-0.2, 0) is 12.2 Å². The smallest absolute Gasteiger partial charge is 0.272 e. The van der Waals surface area contributed by atoms with E-state index in [1.165, 1.54) is 18.4 Å². The normalized spacial score (nSPS) is 20.0. The highest BCUT2D eigenvalue weighted by Gasteiger charge is 2.56. The Morgan fingerprint density at radius 1 is 1.19 bits per heavy atom. The number of amides is 2.